The zero-order valence-electron chi connectivity index (χ0n) is 25.4. The zero-order valence-corrected chi connectivity index (χ0v) is 26.2. The second kappa shape index (κ2) is 13.9. The number of furan rings is 1. The summed E-state index contributed by atoms with van der Waals surface area (Å²) in [6.07, 6.45) is 7.58. The molecule has 2 N–H and O–H groups in total. The summed E-state index contributed by atoms with van der Waals surface area (Å²) < 4.78 is 45.1. The molecule has 1 aromatic carbocycles. The highest BCUT2D eigenvalue weighted by Crippen LogP contribution is 2.34. The van der Waals surface area contributed by atoms with E-state index in [0.29, 0.717) is 39.7 Å². The van der Waals surface area contributed by atoms with E-state index in [0.717, 1.165) is 32.1 Å². The molecule has 2 amide bonds. The molecule has 1 saturated carbocycles. The quantitative estimate of drug-likeness (QED) is 0.436. The summed E-state index contributed by atoms with van der Waals surface area (Å²) in [7, 11) is -1.91. The summed E-state index contributed by atoms with van der Waals surface area (Å²) in [4.78, 5) is 57.9. The minimum Gasteiger partial charge on any atom is -0.493 e. The lowest BCUT2D eigenvalue weighted by Crippen LogP contribution is -2.58. The molecule has 0 bridgehead atoms. The number of aliphatic imine (C=N–C) groups is 1. The van der Waals surface area contributed by atoms with Gasteiger partial charge in [0.25, 0.3) is 21.8 Å². The Morgan fingerprint density at radius 1 is 1.07 bits per heavy atom. The lowest BCUT2D eigenvalue weighted by Gasteiger charge is -2.34. The van der Waals surface area contributed by atoms with Gasteiger partial charge >= 0.3 is 0 Å². The number of carbonyl (C=O) groups is 4. The highest BCUT2D eigenvalue weighted by molar-refractivity contribution is 8.06. The van der Waals surface area contributed by atoms with Crippen LogP contribution in [-0.4, -0.2) is 80.5 Å². The number of sulfonamides is 1. The van der Waals surface area contributed by atoms with E-state index in [9.17, 15) is 27.6 Å². The Kier molecular flexibility index (Phi) is 10.0. The van der Waals surface area contributed by atoms with E-state index in [1.807, 2.05) is 0 Å². The van der Waals surface area contributed by atoms with Crippen LogP contribution >= 0.6 is 0 Å². The van der Waals surface area contributed by atoms with Crippen LogP contribution < -0.4 is 20.1 Å². The van der Waals surface area contributed by atoms with Crippen molar-refractivity contribution in [1.82, 2.24) is 14.9 Å². The largest absolute Gasteiger partial charge is 0.493 e. The Morgan fingerprint density at radius 2 is 1.80 bits per heavy atom. The number of carbonyl (C=O) groups excluding carboxylic acids is 4. The fourth-order valence-corrected chi connectivity index (χ4v) is 7.85. The Labute approximate surface area is 261 Å². The van der Waals surface area contributed by atoms with Gasteiger partial charge in [-0.05, 0) is 43.9 Å². The minimum absolute atomic E-state index is 0.0323. The number of ketones is 2. The number of hydrogen-bond acceptors (Lipinski definition) is 11. The first kappa shape index (κ1) is 32.4. The van der Waals surface area contributed by atoms with Crippen molar-refractivity contribution in [2.24, 2.45) is 10.9 Å². The standard InChI is InChI=1S/C31H38N4O9S/c1-42-26-15-20-16-28(44-25(20)17-27(26)43-2)29(38)34-21(14-19-8-4-3-5-9-19)31(39)35(22-10-6-12-32-18-24(22)37)45(40,41)30-23(36)11-7-13-33-30/h7,13,15-17,19,21-22,32H,3-6,8-12,14,18H2,1-2H3,(H,34,38)/t21?,22-/m0/s1. The number of nitrogens with one attached hydrogen (secondary N) is 2. The highest BCUT2D eigenvalue weighted by Gasteiger charge is 2.46. The van der Waals surface area contributed by atoms with E-state index in [1.54, 1.807) is 12.1 Å². The molecule has 1 aliphatic carbocycles. The van der Waals surface area contributed by atoms with Crippen LogP contribution in [0.2, 0.25) is 0 Å². The van der Waals surface area contributed by atoms with Gasteiger partial charge in [-0.2, -0.15) is 8.42 Å². The molecule has 3 aliphatic rings. The van der Waals surface area contributed by atoms with Crippen molar-refractivity contribution in [2.45, 2.75) is 69.9 Å². The number of allylic oxidation sites excluding steroid dienone is 1. The first-order valence-electron chi connectivity index (χ1n) is 15.2. The van der Waals surface area contributed by atoms with Gasteiger partial charge in [-0.25, -0.2) is 9.30 Å². The number of amides is 2. The van der Waals surface area contributed by atoms with Gasteiger partial charge in [0.15, 0.2) is 28.8 Å². The molecule has 13 nitrogen and oxygen atoms in total. The second-order valence-electron chi connectivity index (χ2n) is 11.5. The number of nitrogens with zero attached hydrogens (tertiary/aromatic N) is 2. The molecule has 2 fully saturated rings. The van der Waals surface area contributed by atoms with Crippen LogP contribution in [0.1, 0.15) is 68.3 Å². The fraction of sp³-hybridized carbons (Fsp3) is 0.516. The van der Waals surface area contributed by atoms with Gasteiger partial charge < -0.3 is 24.5 Å². The van der Waals surface area contributed by atoms with Gasteiger partial charge in [0.05, 0.1) is 20.8 Å². The zero-order chi connectivity index (χ0) is 32.1. The first-order chi connectivity index (χ1) is 21.6. The third-order valence-electron chi connectivity index (χ3n) is 8.49. The molecule has 0 spiro atoms. The molecule has 45 heavy (non-hydrogen) atoms. The van der Waals surface area contributed by atoms with Crippen LogP contribution in [0.4, 0.5) is 0 Å². The summed E-state index contributed by atoms with van der Waals surface area (Å²) in [5, 5.41) is 5.42. The fourth-order valence-electron chi connectivity index (χ4n) is 6.18. The molecule has 1 aromatic heterocycles. The van der Waals surface area contributed by atoms with Crippen LogP contribution in [0.15, 0.2) is 39.9 Å². The maximum absolute atomic E-state index is 14.5. The van der Waals surface area contributed by atoms with Crippen molar-refractivity contribution in [1.29, 1.82) is 0 Å². The van der Waals surface area contributed by atoms with E-state index in [2.05, 4.69) is 15.6 Å². The van der Waals surface area contributed by atoms with Crippen molar-refractivity contribution >= 4 is 49.4 Å². The molecule has 14 heteroatoms. The molecule has 2 aliphatic heterocycles. The first-order valence-corrected chi connectivity index (χ1v) is 16.6. The summed E-state index contributed by atoms with van der Waals surface area (Å²) in [5.41, 5.74) is 0.343. The molecule has 242 valence electrons. The summed E-state index contributed by atoms with van der Waals surface area (Å²) >= 11 is 0. The number of hydrogen-bond donors (Lipinski definition) is 2. The maximum atomic E-state index is 14.5. The van der Waals surface area contributed by atoms with Gasteiger partial charge in [-0.15, -0.1) is 0 Å². The Morgan fingerprint density at radius 3 is 2.51 bits per heavy atom. The van der Waals surface area contributed by atoms with Crippen molar-refractivity contribution < 1.29 is 41.5 Å². The third kappa shape index (κ3) is 6.96. The molecular formula is C31H38N4O9S. The number of rotatable bonds is 8. The van der Waals surface area contributed by atoms with E-state index < -0.39 is 50.5 Å². The predicted octanol–water partition coefficient (Wildman–Crippen LogP) is 2.88. The monoisotopic (exact) mass is 642 g/mol. The molecule has 5 rings (SSSR count). The van der Waals surface area contributed by atoms with Crippen molar-refractivity contribution in [2.75, 3.05) is 27.3 Å². The Bertz CT molecular complexity index is 1600. The summed E-state index contributed by atoms with van der Waals surface area (Å²) in [6, 6.07) is 2.02. The number of methoxy groups -OCH3 is 2. The predicted molar refractivity (Wildman–Crippen MR) is 165 cm³/mol. The minimum atomic E-state index is -4.86. The molecule has 0 radical (unpaired) electrons. The number of Topliss-reactive ketones (excluding diaryl/α,β-unsaturated/α-hetero) is 2. The highest BCUT2D eigenvalue weighted by atomic mass is 32.2. The van der Waals surface area contributed by atoms with E-state index in [1.165, 1.54) is 32.6 Å². The molecular weight excluding hydrogens is 604 g/mol. The van der Waals surface area contributed by atoms with Crippen LogP contribution in [0.5, 0.6) is 11.5 Å². The summed E-state index contributed by atoms with van der Waals surface area (Å²) in [6.45, 7) is 0.312. The SMILES string of the molecule is COc1cc2cc(C(=O)NC(CC3CCCCC3)C(=O)N([C@H]3CCCNCC3=O)S(=O)(=O)C3=NC=CCC3=O)oc2cc1OC. The van der Waals surface area contributed by atoms with Crippen molar-refractivity contribution in [3.05, 3.63) is 36.2 Å². The van der Waals surface area contributed by atoms with Crippen LogP contribution in [0.3, 0.4) is 0 Å². The van der Waals surface area contributed by atoms with E-state index in [4.69, 9.17) is 13.9 Å². The smallest absolute Gasteiger partial charge is 0.288 e. The molecule has 2 atom stereocenters. The normalized spacial score (nSPS) is 20.3. The van der Waals surface area contributed by atoms with Crippen molar-refractivity contribution in [3.63, 3.8) is 0 Å². The molecule has 2 aromatic rings. The van der Waals surface area contributed by atoms with Gasteiger partial charge in [-0.1, -0.05) is 38.2 Å². The maximum Gasteiger partial charge on any atom is 0.288 e. The van der Waals surface area contributed by atoms with E-state index in [-0.39, 0.29) is 37.5 Å². The lowest BCUT2D eigenvalue weighted by molar-refractivity contribution is -0.135. The van der Waals surface area contributed by atoms with Crippen molar-refractivity contribution in [3.8, 4) is 11.5 Å². The van der Waals surface area contributed by atoms with Gasteiger partial charge in [0, 0.05) is 24.1 Å². The third-order valence-corrected chi connectivity index (χ3v) is 10.3. The van der Waals surface area contributed by atoms with Crippen LogP contribution in [0, 0.1) is 5.92 Å². The average molecular weight is 643 g/mol. The number of fused-ring (bicyclic) bond motifs is 1. The lowest BCUT2D eigenvalue weighted by atomic mass is 9.84. The number of ether oxygens (including phenoxy) is 2. The van der Waals surface area contributed by atoms with Gasteiger partial charge in [0.1, 0.15) is 17.7 Å². The van der Waals surface area contributed by atoms with Gasteiger partial charge in [-0.3, -0.25) is 19.2 Å². The second-order valence-corrected chi connectivity index (χ2v) is 13.2. The Balaban J connectivity index is 1.53. The molecule has 1 unspecified atom stereocenters. The average Bonchev–Trinajstić information content (AvgIpc) is 3.35. The van der Waals surface area contributed by atoms with Crippen LogP contribution in [0.25, 0.3) is 11.0 Å². The molecule has 1 saturated heterocycles. The van der Waals surface area contributed by atoms with E-state index >= 15 is 0 Å². The molecule has 3 heterocycles. The number of benzene rings is 1. The Hall–Kier alpha value is -4.04. The topological polar surface area (TPSA) is 174 Å². The van der Waals surface area contributed by atoms with Crippen LogP contribution in [-0.2, 0) is 24.4 Å². The van der Waals surface area contributed by atoms with Gasteiger partial charge in [0.2, 0.25) is 5.04 Å². The summed E-state index contributed by atoms with van der Waals surface area (Å²) in [5.74, 6) is -2.26.